The summed E-state index contributed by atoms with van der Waals surface area (Å²) in [5.74, 6) is 2.39. The number of anilines is 1. The molecule has 2 aromatic carbocycles. The summed E-state index contributed by atoms with van der Waals surface area (Å²) in [6.07, 6.45) is 2.37. The van der Waals surface area contributed by atoms with Gasteiger partial charge in [-0.25, -0.2) is 0 Å². The third-order valence-corrected chi connectivity index (χ3v) is 5.73. The Morgan fingerprint density at radius 2 is 1.77 bits per heavy atom. The molecule has 0 unspecified atom stereocenters. The molecule has 6 heteroatoms. The van der Waals surface area contributed by atoms with Gasteiger partial charge in [0, 0.05) is 44.4 Å². The summed E-state index contributed by atoms with van der Waals surface area (Å²) in [6, 6.07) is 17.6. The van der Waals surface area contributed by atoms with E-state index in [0.29, 0.717) is 18.0 Å². The van der Waals surface area contributed by atoms with E-state index in [4.69, 9.17) is 9.84 Å². The molecule has 0 atom stereocenters. The van der Waals surface area contributed by atoms with Crippen LogP contribution in [0.4, 0.5) is 5.82 Å². The minimum Gasteiger partial charge on any atom is -0.497 e. The molecule has 162 valence electrons. The Labute approximate surface area is 184 Å². The van der Waals surface area contributed by atoms with Crippen LogP contribution in [0.25, 0.3) is 11.3 Å². The van der Waals surface area contributed by atoms with Gasteiger partial charge in [-0.1, -0.05) is 30.3 Å². The second kappa shape index (κ2) is 8.84. The largest absolute Gasteiger partial charge is 0.497 e. The Balaban J connectivity index is 1.71. The van der Waals surface area contributed by atoms with Crippen LogP contribution in [0.5, 0.6) is 5.75 Å². The van der Waals surface area contributed by atoms with Gasteiger partial charge in [0.25, 0.3) is 5.91 Å². The number of ether oxygens (including phenoxy) is 1. The Morgan fingerprint density at radius 3 is 2.35 bits per heavy atom. The van der Waals surface area contributed by atoms with Crippen LogP contribution in [-0.2, 0) is 13.6 Å². The first kappa shape index (κ1) is 21.0. The third-order valence-electron chi connectivity index (χ3n) is 5.73. The van der Waals surface area contributed by atoms with Crippen LogP contribution in [-0.4, -0.2) is 48.3 Å². The van der Waals surface area contributed by atoms with Crippen LogP contribution in [0, 0.1) is 5.92 Å². The standard InChI is InChI=1S/C25H30N4O2/c1-27(2)24-22(23(26-28(24)3)19-8-6-5-7-9-19)17-29(16-18-10-11-18)25(30)20-12-14-21(31-4)15-13-20/h5-9,12-15,18H,10-11,16-17H2,1-4H3. The van der Waals surface area contributed by atoms with Crippen molar-refractivity contribution in [2.75, 3.05) is 32.6 Å². The maximum absolute atomic E-state index is 13.5. The van der Waals surface area contributed by atoms with Crippen molar-refractivity contribution >= 4 is 11.7 Å². The van der Waals surface area contributed by atoms with E-state index in [9.17, 15) is 4.79 Å². The molecule has 0 spiro atoms. The molecule has 31 heavy (non-hydrogen) atoms. The number of methoxy groups -OCH3 is 1. The Bertz CT molecular complexity index is 1040. The highest BCUT2D eigenvalue weighted by Gasteiger charge is 2.30. The first-order valence-corrected chi connectivity index (χ1v) is 10.7. The Kier molecular flexibility index (Phi) is 5.98. The lowest BCUT2D eigenvalue weighted by Crippen LogP contribution is -2.33. The van der Waals surface area contributed by atoms with Crippen molar-refractivity contribution in [2.45, 2.75) is 19.4 Å². The van der Waals surface area contributed by atoms with Gasteiger partial charge in [-0.15, -0.1) is 0 Å². The molecule has 1 heterocycles. The number of aryl methyl sites for hydroxylation is 1. The van der Waals surface area contributed by atoms with Gasteiger partial charge in [-0.05, 0) is 43.0 Å². The number of aromatic nitrogens is 2. The van der Waals surface area contributed by atoms with Crippen molar-refractivity contribution in [3.05, 3.63) is 65.7 Å². The number of amides is 1. The first-order valence-electron chi connectivity index (χ1n) is 10.7. The monoisotopic (exact) mass is 418 g/mol. The number of benzene rings is 2. The summed E-state index contributed by atoms with van der Waals surface area (Å²) in [6.45, 7) is 1.29. The average Bonchev–Trinajstić information content (AvgIpc) is 3.54. The number of hydrogen-bond acceptors (Lipinski definition) is 4. The summed E-state index contributed by atoms with van der Waals surface area (Å²) in [5.41, 5.74) is 3.74. The minimum atomic E-state index is 0.0436. The van der Waals surface area contributed by atoms with Crippen LogP contribution >= 0.6 is 0 Å². The lowest BCUT2D eigenvalue weighted by Gasteiger charge is -2.25. The van der Waals surface area contributed by atoms with E-state index in [1.165, 1.54) is 12.8 Å². The first-order chi connectivity index (χ1) is 15.0. The lowest BCUT2D eigenvalue weighted by molar-refractivity contribution is 0.0735. The molecule has 4 rings (SSSR count). The van der Waals surface area contributed by atoms with E-state index >= 15 is 0 Å². The van der Waals surface area contributed by atoms with Crippen molar-refractivity contribution < 1.29 is 9.53 Å². The highest BCUT2D eigenvalue weighted by atomic mass is 16.5. The van der Waals surface area contributed by atoms with Crippen molar-refractivity contribution in [1.29, 1.82) is 0 Å². The van der Waals surface area contributed by atoms with Crippen LogP contribution in [0.1, 0.15) is 28.8 Å². The summed E-state index contributed by atoms with van der Waals surface area (Å²) in [5, 5.41) is 4.83. The summed E-state index contributed by atoms with van der Waals surface area (Å²) in [4.78, 5) is 17.5. The van der Waals surface area contributed by atoms with E-state index in [0.717, 1.165) is 34.9 Å². The predicted molar refractivity (Wildman–Crippen MR) is 123 cm³/mol. The fourth-order valence-electron chi connectivity index (χ4n) is 4.03. The van der Waals surface area contributed by atoms with Crippen molar-refractivity contribution in [3.8, 4) is 17.0 Å². The van der Waals surface area contributed by atoms with Crippen LogP contribution in [0.3, 0.4) is 0 Å². The van der Waals surface area contributed by atoms with Gasteiger partial charge in [-0.3, -0.25) is 9.48 Å². The van der Waals surface area contributed by atoms with Gasteiger partial charge >= 0.3 is 0 Å². The number of rotatable bonds is 8. The molecule has 1 aromatic heterocycles. The van der Waals surface area contributed by atoms with E-state index in [1.807, 2.05) is 73.2 Å². The van der Waals surface area contributed by atoms with Crippen LogP contribution < -0.4 is 9.64 Å². The number of hydrogen-bond donors (Lipinski definition) is 0. The number of nitrogens with zero attached hydrogens (tertiary/aromatic N) is 4. The van der Waals surface area contributed by atoms with E-state index in [1.54, 1.807) is 7.11 Å². The molecular weight excluding hydrogens is 388 g/mol. The van der Waals surface area contributed by atoms with E-state index < -0.39 is 0 Å². The van der Waals surface area contributed by atoms with Gasteiger partial charge in [-0.2, -0.15) is 5.10 Å². The zero-order valence-electron chi connectivity index (χ0n) is 18.7. The smallest absolute Gasteiger partial charge is 0.254 e. The fraction of sp³-hybridized carbons (Fsp3) is 0.360. The fourth-order valence-corrected chi connectivity index (χ4v) is 4.03. The second-order valence-electron chi connectivity index (χ2n) is 8.39. The summed E-state index contributed by atoms with van der Waals surface area (Å²) in [7, 11) is 7.63. The SMILES string of the molecule is COc1ccc(C(=O)N(Cc2c(-c3ccccc3)nn(C)c2N(C)C)CC2CC2)cc1. The topological polar surface area (TPSA) is 50.6 Å². The zero-order valence-corrected chi connectivity index (χ0v) is 18.7. The third kappa shape index (κ3) is 4.58. The van der Waals surface area contributed by atoms with Gasteiger partial charge < -0.3 is 14.5 Å². The van der Waals surface area contributed by atoms with E-state index in [2.05, 4.69) is 17.0 Å². The zero-order chi connectivity index (χ0) is 22.0. The Morgan fingerprint density at radius 1 is 1.10 bits per heavy atom. The highest BCUT2D eigenvalue weighted by molar-refractivity contribution is 5.94. The molecule has 3 aromatic rings. The number of carbonyl (C=O) groups excluding carboxylic acids is 1. The molecule has 1 saturated carbocycles. The van der Waals surface area contributed by atoms with Crippen molar-refractivity contribution in [1.82, 2.24) is 14.7 Å². The molecule has 0 N–H and O–H groups in total. The molecule has 1 fully saturated rings. The maximum atomic E-state index is 13.5. The highest BCUT2D eigenvalue weighted by Crippen LogP contribution is 2.34. The van der Waals surface area contributed by atoms with E-state index in [-0.39, 0.29) is 5.91 Å². The molecule has 0 aliphatic heterocycles. The molecule has 1 amide bonds. The van der Waals surface area contributed by atoms with Crippen molar-refractivity contribution in [3.63, 3.8) is 0 Å². The average molecular weight is 419 g/mol. The van der Waals surface area contributed by atoms with Gasteiger partial charge in [0.15, 0.2) is 0 Å². The molecule has 6 nitrogen and oxygen atoms in total. The lowest BCUT2D eigenvalue weighted by atomic mass is 10.1. The molecule has 1 aliphatic carbocycles. The minimum absolute atomic E-state index is 0.0436. The predicted octanol–water partition coefficient (Wildman–Crippen LogP) is 4.21. The van der Waals surface area contributed by atoms with Crippen LogP contribution in [0.15, 0.2) is 54.6 Å². The molecular formula is C25H30N4O2. The Hall–Kier alpha value is -3.28. The van der Waals surface area contributed by atoms with Crippen LogP contribution in [0.2, 0.25) is 0 Å². The van der Waals surface area contributed by atoms with Gasteiger partial charge in [0.1, 0.15) is 11.6 Å². The van der Waals surface area contributed by atoms with Gasteiger partial charge in [0.2, 0.25) is 0 Å². The van der Waals surface area contributed by atoms with Crippen molar-refractivity contribution in [2.24, 2.45) is 13.0 Å². The number of carbonyl (C=O) groups is 1. The normalized spacial score (nSPS) is 13.2. The van der Waals surface area contributed by atoms with Gasteiger partial charge in [0.05, 0.1) is 19.3 Å². The second-order valence-corrected chi connectivity index (χ2v) is 8.39. The maximum Gasteiger partial charge on any atom is 0.254 e. The molecule has 0 bridgehead atoms. The quantitative estimate of drug-likeness (QED) is 0.550. The summed E-state index contributed by atoms with van der Waals surface area (Å²) >= 11 is 0. The summed E-state index contributed by atoms with van der Waals surface area (Å²) < 4.78 is 7.16. The molecule has 1 aliphatic rings. The molecule has 0 radical (unpaired) electrons. The molecule has 0 saturated heterocycles.